The maximum atomic E-state index is 12.6. The van der Waals surface area contributed by atoms with Crippen molar-refractivity contribution in [1.29, 1.82) is 0 Å². The molecule has 0 bridgehead atoms. The molecule has 3 rings (SSSR count). The van der Waals surface area contributed by atoms with E-state index in [2.05, 4.69) is 16.0 Å². The van der Waals surface area contributed by atoms with Gasteiger partial charge in [-0.25, -0.2) is 9.78 Å². The number of carbonyl (C=O) groups is 2. The minimum absolute atomic E-state index is 0.0739. The summed E-state index contributed by atoms with van der Waals surface area (Å²) in [6, 6.07) is 3.59. The Balaban J connectivity index is 1.66. The number of aromatic nitrogens is 2. The van der Waals surface area contributed by atoms with Crippen molar-refractivity contribution >= 4 is 11.9 Å². The maximum absolute atomic E-state index is 12.6. The smallest absolute Gasteiger partial charge is 0.359 e. The second-order valence-corrected chi connectivity index (χ2v) is 5.67. The van der Waals surface area contributed by atoms with Gasteiger partial charge in [0.15, 0.2) is 12.3 Å². The van der Waals surface area contributed by atoms with E-state index in [1.807, 2.05) is 6.07 Å². The van der Waals surface area contributed by atoms with E-state index in [-0.39, 0.29) is 18.2 Å². The predicted octanol–water partition coefficient (Wildman–Crippen LogP) is 2.71. The van der Waals surface area contributed by atoms with Crippen molar-refractivity contribution in [2.24, 2.45) is 0 Å². The second kappa shape index (κ2) is 8.23. The van der Waals surface area contributed by atoms with E-state index in [1.165, 1.54) is 18.6 Å². The molecule has 2 aromatic heterocycles. The normalized spacial score (nSPS) is 13.8. The number of amides is 1. The first kappa shape index (κ1) is 16.9. The van der Waals surface area contributed by atoms with Crippen molar-refractivity contribution < 1.29 is 18.7 Å². The molecular formula is C18H19N3O4. The molecule has 0 saturated carbocycles. The highest BCUT2D eigenvalue weighted by Crippen LogP contribution is 2.23. The van der Waals surface area contributed by atoms with Crippen LogP contribution >= 0.6 is 0 Å². The quantitative estimate of drug-likeness (QED) is 0.751. The van der Waals surface area contributed by atoms with Crippen LogP contribution in [0.5, 0.6) is 0 Å². The minimum atomic E-state index is -0.669. The molecule has 2 heterocycles. The van der Waals surface area contributed by atoms with Crippen molar-refractivity contribution in [1.82, 2.24) is 14.9 Å². The fourth-order valence-corrected chi connectivity index (χ4v) is 2.66. The highest BCUT2D eigenvalue weighted by molar-refractivity contribution is 5.89. The fraction of sp³-hybridized carbons (Fsp3) is 0.333. The molecule has 2 aromatic rings. The summed E-state index contributed by atoms with van der Waals surface area (Å²) >= 11 is 0. The number of ether oxygens (including phenoxy) is 1. The Kier molecular flexibility index (Phi) is 5.56. The van der Waals surface area contributed by atoms with Gasteiger partial charge >= 0.3 is 5.97 Å². The summed E-state index contributed by atoms with van der Waals surface area (Å²) in [6.07, 6.45) is 11.7. The summed E-state index contributed by atoms with van der Waals surface area (Å²) in [5.41, 5.74) is 1.02. The van der Waals surface area contributed by atoms with Gasteiger partial charge in [0.25, 0.3) is 5.91 Å². The average molecular weight is 341 g/mol. The van der Waals surface area contributed by atoms with Gasteiger partial charge in [0.05, 0.1) is 19.0 Å². The monoisotopic (exact) mass is 341 g/mol. The molecule has 0 unspecified atom stereocenters. The van der Waals surface area contributed by atoms with Crippen LogP contribution in [0, 0.1) is 0 Å². The lowest BCUT2D eigenvalue weighted by molar-refractivity contribution is -0.133. The molecule has 7 nitrogen and oxygen atoms in total. The first-order chi connectivity index (χ1) is 12.2. The van der Waals surface area contributed by atoms with Gasteiger partial charge in [-0.15, -0.1) is 0 Å². The van der Waals surface area contributed by atoms with Crippen LogP contribution in [0.25, 0.3) is 0 Å². The third-order valence-corrected chi connectivity index (χ3v) is 3.91. The molecule has 0 spiro atoms. The summed E-state index contributed by atoms with van der Waals surface area (Å²) in [5, 5.41) is 0. The number of rotatable bonds is 6. The first-order valence-electron chi connectivity index (χ1n) is 8.19. The molecule has 25 heavy (non-hydrogen) atoms. The zero-order valence-electron chi connectivity index (χ0n) is 13.8. The summed E-state index contributed by atoms with van der Waals surface area (Å²) in [6.45, 7) is -0.0339. The number of hydrogen-bond donors (Lipinski definition) is 0. The SMILES string of the molecule is O=C(OCC(=O)N(Cc1ccco1)C1=CCCCC1)c1cnccn1. The van der Waals surface area contributed by atoms with Gasteiger partial charge in [-0.2, -0.15) is 0 Å². The summed E-state index contributed by atoms with van der Waals surface area (Å²) in [4.78, 5) is 33.9. The number of carbonyl (C=O) groups excluding carboxylic acids is 2. The molecule has 0 radical (unpaired) electrons. The largest absolute Gasteiger partial charge is 0.467 e. The van der Waals surface area contributed by atoms with Crippen LogP contribution in [-0.4, -0.2) is 33.4 Å². The lowest BCUT2D eigenvalue weighted by atomic mass is 10.0. The Hall–Kier alpha value is -2.96. The molecule has 7 heteroatoms. The Morgan fingerprint density at radius 2 is 2.20 bits per heavy atom. The third-order valence-electron chi connectivity index (χ3n) is 3.91. The molecule has 0 fully saturated rings. The number of allylic oxidation sites excluding steroid dienone is 2. The summed E-state index contributed by atoms with van der Waals surface area (Å²) in [5.74, 6) is -0.279. The molecule has 1 amide bonds. The van der Waals surface area contributed by atoms with Crippen molar-refractivity contribution in [2.45, 2.75) is 32.2 Å². The van der Waals surface area contributed by atoms with Gasteiger partial charge in [-0.1, -0.05) is 6.08 Å². The molecule has 0 aromatic carbocycles. The van der Waals surface area contributed by atoms with E-state index < -0.39 is 5.97 Å². The second-order valence-electron chi connectivity index (χ2n) is 5.67. The number of furan rings is 1. The zero-order chi connectivity index (χ0) is 17.5. The van der Waals surface area contributed by atoms with Gasteiger partial charge in [0, 0.05) is 18.1 Å². The fourth-order valence-electron chi connectivity index (χ4n) is 2.66. The van der Waals surface area contributed by atoms with Crippen LogP contribution in [0.3, 0.4) is 0 Å². The Bertz CT molecular complexity index is 741. The molecular weight excluding hydrogens is 322 g/mol. The Morgan fingerprint density at radius 3 is 2.88 bits per heavy atom. The van der Waals surface area contributed by atoms with Gasteiger partial charge in [0.1, 0.15) is 5.76 Å². The molecule has 0 saturated heterocycles. The third kappa shape index (κ3) is 4.53. The lowest BCUT2D eigenvalue weighted by Crippen LogP contribution is -2.34. The van der Waals surface area contributed by atoms with E-state index in [4.69, 9.17) is 9.15 Å². The Morgan fingerprint density at radius 1 is 1.28 bits per heavy atom. The Labute approximate surface area is 145 Å². The minimum Gasteiger partial charge on any atom is -0.467 e. The molecule has 1 aliphatic carbocycles. The average Bonchev–Trinajstić information content (AvgIpc) is 3.18. The van der Waals surface area contributed by atoms with E-state index in [0.29, 0.717) is 12.3 Å². The van der Waals surface area contributed by atoms with E-state index in [1.54, 1.807) is 17.2 Å². The number of hydrogen-bond acceptors (Lipinski definition) is 6. The van der Waals surface area contributed by atoms with Crippen molar-refractivity contribution in [2.75, 3.05) is 6.61 Å². The van der Waals surface area contributed by atoms with Gasteiger partial charge in [-0.05, 0) is 37.8 Å². The summed E-state index contributed by atoms with van der Waals surface area (Å²) < 4.78 is 10.4. The molecule has 0 atom stereocenters. The highest BCUT2D eigenvalue weighted by atomic mass is 16.5. The molecule has 0 aliphatic heterocycles. The highest BCUT2D eigenvalue weighted by Gasteiger charge is 2.22. The van der Waals surface area contributed by atoms with Crippen LogP contribution in [0.15, 0.2) is 53.2 Å². The molecule has 0 N–H and O–H groups in total. The lowest BCUT2D eigenvalue weighted by Gasteiger charge is -2.26. The van der Waals surface area contributed by atoms with Crippen LogP contribution in [0.4, 0.5) is 0 Å². The number of esters is 1. The van der Waals surface area contributed by atoms with E-state index >= 15 is 0 Å². The number of nitrogens with zero attached hydrogens (tertiary/aromatic N) is 3. The molecule has 130 valence electrons. The van der Waals surface area contributed by atoms with E-state index in [0.717, 1.165) is 31.4 Å². The maximum Gasteiger partial charge on any atom is 0.359 e. The van der Waals surface area contributed by atoms with Gasteiger partial charge in [0.2, 0.25) is 0 Å². The van der Waals surface area contributed by atoms with Crippen molar-refractivity contribution in [3.63, 3.8) is 0 Å². The van der Waals surface area contributed by atoms with Crippen LogP contribution in [-0.2, 0) is 16.1 Å². The van der Waals surface area contributed by atoms with Gasteiger partial charge < -0.3 is 14.1 Å². The van der Waals surface area contributed by atoms with Crippen LogP contribution in [0.2, 0.25) is 0 Å². The van der Waals surface area contributed by atoms with Crippen molar-refractivity contribution in [3.05, 3.63) is 60.2 Å². The topological polar surface area (TPSA) is 85.5 Å². The predicted molar refractivity (Wildman–Crippen MR) is 88.1 cm³/mol. The molecule has 1 aliphatic rings. The zero-order valence-corrected chi connectivity index (χ0v) is 13.8. The standard InChI is InChI=1S/C18H19N3O4/c22-17(13-25-18(23)16-11-19-8-9-20-16)21(12-15-7-4-10-24-15)14-5-2-1-3-6-14/h4-5,7-11H,1-3,6,12-13H2. The van der Waals surface area contributed by atoms with Crippen LogP contribution < -0.4 is 0 Å². The van der Waals surface area contributed by atoms with E-state index in [9.17, 15) is 9.59 Å². The van der Waals surface area contributed by atoms with Gasteiger partial charge in [-0.3, -0.25) is 9.78 Å². The van der Waals surface area contributed by atoms with Crippen molar-refractivity contribution in [3.8, 4) is 0 Å². The first-order valence-corrected chi connectivity index (χ1v) is 8.19. The van der Waals surface area contributed by atoms with Crippen LogP contribution in [0.1, 0.15) is 41.9 Å². The summed E-state index contributed by atoms with van der Waals surface area (Å²) in [7, 11) is 0.